The van der Waals surface area contributed by atoms with Crippen LogP contribution in [0.1, 0.15) is 5.56 Å². The van der Waals surface area contributed by atoms with Gasteiger partial charge in [0.2, 0.25) is 0 Å². The average Bonchev–Trinajstić information content (AvgIpc) is 2.15. The summed E-state index contributed by atoms with van der Waals surface area (Å²) in [6, 6.07) is 9.06. The Morgan fingerprint density at radius 3 is 2.57 bits per heavy atom. The molecule has 1 aromatic carbocycles. The van der Waals surface area contributed by atoms with Crippen LogP contribution in [0.5, 0.6) is 0 Å². The van der Waals surface area contributed by atoms with Crippen molar-refractivity contribution in [2.24, 2.45) is 5.73 Å². The van der Waals surface area contributed by atoms with Crippen LogP contribution in [-0.2, 0) is 6.54 Å². The van der Waals surface area contributed by atoms with Gasteiger partial charge in [-0.25, -0.2) is 4.79 Å². The van der Waals surface area contributed by atoms with Crippen LogP contribution in [0.3, 0.4) is 0 Å². The standard InChI is InChI=1S/C9H11N3OS/c10-8(13)12-9(14)11-6-7-4-2-1-3-5-7/h1-5H,6H2,(H4,10,11,12,13,14). The van der Waals surface area contributed by atoms with E-state index < -0.39 is 6.03 Å². The van der Waals surface area contributed by atoms with Crippen LogP contribution in [0.25, 0.3) is 0 Å². The number of carbonyl (C=O) groups excluding carboxylic acids is 1. The summed E-state index contributed by atoms with van der Waals surface area (Å²) in [5, 5.41) is 5.36. The Morgan fingerprint density at radius 2 is 2.00 bits per heavy atom. The quantitative estimate of drug-likeness (QED) is 0.629. The number of benzene rings is 1. The van der Waals surface area contributed by atoms with Crippen LogP contribution < -0.4 is 16.4 Å². The van der Waals surface area contributed by atoms with Crippen molar-refractivity contribution >= 4 is 23.4 Å². The molecule has 74 valence electrons. The summed E-state index contributed by atoms with van der Waals surface area (Å²) in [5.41, 5.74) is 5.97. The predicted octanol–water partition coefficient (Wildman–Crippen LogP) is 0.729. The van der Waals surface area contributed by atoms with E-state index in [9.17, 15) is 4.79 Å². The summed E-state index contributed by atoms with van der Waals surface area (Å²) in [6.07, 6.45) is 0. The number of hydrogen-bond acceptors (Lipinski definition) is 2. The van der Waals surface area contributed by atoms with Crippen molar-refractivity contribution < 1.29 is 4.79 Å². The summed E-state index contributed by atoms with van der Waals surface area (Å²) in [4.78, 5) is 10.4. The third-order valence-corrected chi connectivity index (χ3v) is 1.78. The molecule has 0 aromatic heterocycles. The van der Waals surface area contributed by atoms with Crippen molar-refractivity contribution in [3.63, 3.8) is 0 Å². The normalized spacial score (nSPS) is 9.14. The van der Waals surface area contributed by atoms with E-state index in [2.05, 4.69) is 10.6 Å². The lowest BCUT2D eigenvalue weighted by atomic mass is 10.2. The first-order chi connectivity index (χ1) is 6.68. The zero-order chi connectivity index (χ0) is 10.4. The molecular weight excluding hydrogens is 198 g/mol. The molecule has 5 heteroatoms. The van der Waals surface area contributed by atoms with Crippen LogP contribution >= 0.6 is 12.2 Å². The molecule has 0 atom stereocenters. The number of urea groups is 1. The van der Waals surface area contributed by atoms with Gasteiger partial charge in [-0.15, -0.1) is 0 Å². The lowest BCUT2D eigenvalue weighted by Gasteiger charge is -2.07. The van der Waals surface area contributed by atoms with E-state index in [1.165, 1.54) is 0 Å². The van der Waals surface area contributed by atoms with Gasteiger partial charge >= 0.3 is 6.03 Å². The molecule has 4 N–H and O–H groups in total. The molecule has 4 nitrogen and oxygen atoms in total. The lowest BCUT2D eigenvalue weighted by Crippen LogP contribution is -2.41. The van der Waals surface area contributed by atoms with Gasteiger partial charge < -0.3 is 11.1 Å². The Labute approximate surface area is 87.5 Å². The van der Waals surface area contributed by atoms with Gasteiger partial charge in [0.25, 0.3) is 0 Å². The van der Waals surface area contributed by atoms with Gasteiger partial charge in [0.1, 0.15) is 0 Å². The zero-order valence-corrected chi connectivity index (χ0v) is 8.30. The largest absolute Gasteiger partial charge is 0.358 e. The van der Waals surface area contributed by atoms with Gasteiger partial charge in [-0.1, -0.05) is 30.3 Å². The summed E-state index contributed by atoms with van der Waals surface area (Å²) in [5.74, 6) is 0. The van der Waals surface area contributed by atoms with Crippen LogP contribution in [0.4, 0.5) is 4.79 Å². The molecule has 0 aliphatic heterocycles. The Bertz CT molecular complexity index is 326. The van der Waals surface area contributed by atoms with E-state index in [4.69, 9.17) is 18.0 Å². The molecule has 14 heavy (non-hydrogen) atoms. The number of primary amides is 1. The Kier molecular flexibility index (Phi) is 3.87. The molecule has 0 aliphatic carbocycles. The minimum atomic E-state index is -0.657. The second-order valence-corrected chi connectivity index (χ2v) is 3.07. The summed E-state index contributed by atoms with van der Waals surface area (Å²) in [7, 11) is 0. The van der Waals surface area contributed by atoms with E-state index in [1.54, 1.807) is 0 Å². The Balaban J connectivity index is 2.34. The number of nitrogens with two attached hydrogens (primary N) is 1. The SMILES string of the molecule is NC(=O)NC(=S)NCc1ccccc1. The molecule has 0 saturated heterocycles. The van der Waals surface area contributed by atoms with Crippen molar-refractivity contribution in [3.05, 3.63) is 35.9 Å². The summed E-state index contributed by atoms with van der Waals surface area (Å²) in [6.45, 7) is 0.569. The molecule has 1 aromatic rings. The first kappa shape index (κ1) is 10.5. The van der Waals surface area contributed by atoms with Crippen LogP contribution in [0.15, 0.2) is 30.3 Å². The fourth-order valence-electron chi connectivity index (χ4n) is 0.934. The highest BCUT2D eigenvalue weighted by Crippen LogP contribution is 1.96. The van der Waals surface area contributed by atoms with Crippen molar-refractivity contribution in [3.8, 4) is 0 Å². The number of amides is 2. The number of nitrogens with one attached hydrogen (secondary N) is 2. The molecule has 0 aliphatic rings. The first-order valence-corrected chi connectivity index (χ1v) is 4.47. The van der Waals surface area contributed by atoms with Crippen LogP contribution in [0.2, 0.25) is 0 Å². The molecule has 0 bridgehead atoms. The summed E-state index contributed by atoms with van der Waals surface area (Å²) >= 11 is 4.81. The monoisotopic (exact) mass is 209 g/mol. The molecule has 0 radical (unpaired) electrons. The van der Waals surface area contributed by atoms with Crippen molar-refractivity contribution in [2.75, 3.05) is 0 Å². The van der Waals surface area contributed by atoms with E-state index in [1.807, 2.05) is 30.3 Å². The van der Waals surface area contributed by atoms with E-state index in [-0.39, 0.29) is 5.11 Å². The average molecular weight is 209 g/mol. The Morgan fingerprint density at radius 1 is 1.36 bits per heavy atom. The summed E-state index contributed by atoms with van der Waals surface area (Å²) < 4.78 is 0. The van der Waals surface area contributed by atoms with Gasteiger partial charge in [-0.3, -0.25) is 5.32 Å². The maximum Gasteiger partial charge on any atom is 0.318 e. The maximum absolute atomic E-state index is 10.4. The number of thiocarbonyl (C=S) groups is 1. The van der Waals surface area contributed by atoms with E-state index in [0.29, 0.717) is 6.54 Å². The van der Waals surface area contributed by atoms with Crippen molar-refractivity contribution in [1.82, 2.24) is 10.6 Å². The van der Waals surface area contributed by atoms with Gasteiger partial charge in [-0.2, -0.15) is 0 Å². The molecule has 0 spiro atoms. The van der Waals surface area contributed by atoms with Crippen molar-refractivity contribution in [1.29, 1.82) is 0 Å². The highest BCUT2D eigenvalue weighted by atomic mass is 32.1. The molecule has 0 heterocycles. The van der Waals surface area contributed by atoms with Crippen LogP contribution in [-0.4, -0.2) is 11.1 Å². The Hall–Kier alpha value is -1.62. The highest BCUT2D eigenvalue weighted by Gasteiger charge is 1.97. The molecule has 2 amide bonds. The minimum absolute atomic E-state index is 0.237. The van der Waals surface area contributed by atoms with Gasteiger partial charge in [-0.05, 0) is 17.8 Å². The molecule has 1 rings (SSSR count). The molecule has 0 fully saturated rings. The lowest BCUT2D eigenvalue weighted by molar-refractivity contribution is 0.253. The highest BCUT2D eigenvalue weighted by molar-refractivity contribution is 7.80. The van der Waals surface area contributed by atoms with Crippen LogP contribution in [0, 0.1) is 0 Å². The maximum atomic E-state index is 10.4. The molecular formula is C9H11N3OS. The van der Waals surface area contributed by atoms with Crippen molar-refractivity contribution in [2.45, 2.75) is 6.54 Å². The van der Waals surface area contributed by atoms with Gasteiger partial charge in [0, 0.05) is 6.54 Å². The third kappa shape index (κ3) is 3.86. The van der Waals surface area contributed by atoms with Gasteiger partial charge in [0.05, 0.1) is 0 Å². The first-order valence-electron chi connectivity index (χ1n) is 4.06. The zero-order valence-electron chi connectivity index (χ0n) is 7.49. The fraction of sp³-hybridized carbons (Fsp3) is 0.111. The van der Waals surface area contributed by atoms with E-state index in [0.717, 1.165) is 5.56 Å². The second kappa shape index (κ2) is 5.18. The number of hydrogen-bond donors (Lipinski definition) is 3. The topological polar surface area (TPSA) is 67.2 Å². The number of carbonyl (C=O) groups is 1. The smallest absolute Gasteiger partial charge is 0.318 e. The van der Waals surface area contributed by atoms with E-state index >= 15 is 0 Å². The number of rotatable bonds is 2. The molecule has 0 unspecified atom stereocenters. The fourth-order valence-corrected chi connectivity index (χ4v) is 1.11. The third-order valence-electron chi connectivity index (χ3n) is 1.53. The second-order valence-electron chi connectivity index (χ2n) is 2.66. The van der Waals surface area contributed by atoms with Gasteiger partial charge in [0.15, 0.2) is 5.11 Å². The predicted molar refractivity (Wildman–Crippen MR) is 58.6 cm³/mol. The molecule has 0 saturated carbocycles. The minimum Gasteiger partial charge on any atom is -0.358 e.